The first-order valence-corrected chi connectivity index (χ1v) is 10.8. The minimum Gasteiger partial charge on any atom is -0.465 e. The molecule has 0 N–H and O–H groups in total. The molecule has 11 heteroatoms. The molecule has 2 aliphatic rings. The topological polar surface area (TPSA) is 155 Å². The summed E-state index contributed by atoms with van der Waals surface area (Å²) in [6.07, 6.45) is 0.255. The van der Waals surface area contributed by atoms with Crippen LogP contribution in [-0.2, 0) is 29.0 Å². The van der Waals surface area contributed by atoms with Crippen LogP contribution in [0.4, 0.5) is 0 Å². The van der Waals surface area contributed by atoms with Gasteiger partial charge in [0.05, 0.1) is 11.5 Å². The van der Waals surface area contributed by atoms with E-state index in [1.807, 2.05) is 0 Å². The molecule has 0 amide bonds. The molecule has 2 saturated carbocycles. The van der Waals surface area contributed by atoms with Crippen molar-refractivity contribution in [3.8, 4) is 0 Å². The number of carbonyl (C=O) groups is 4. The Morgan fingerprint density at radius 1 is 1.27 bits per heavy atom. The van der Waals surface area contributed by atoms with Crippen LogP contribution in [0.5, 0.6) is 0 Å². The molecule has 0 bridgehead atoms. The molecule has 2 fully saturated rings. The number of nitrogens with zero attached hydrogens (tertiary/aromatic N) is 1. The van der Waals surface area contributed by atoms with Crippen LogP contribution in [0.3, 0.4) is 0 Å². The zero-order chi connectivity index (χ0) is 22.4. The lowest BCUT2D eigenvalue weighted by molar-refractivity contribution is -0.458. The molecule has 1 aromatic rings. The zero-order valence-electron chi connectivity index (χ0n) is 16.2. The quantitative estimate of drug-likeness (QED) is 0.198. The predicted octanol–water partition coefficient (Wildman–Crippen LogP) is 0.851. The SMILES string of the molecule is CCOC(=O)C1(C)C(=O)C(C(=O)c2ccccc2S(=O)(=O)C[N+](=O)[O-])C(=O)[C@@H]2C[C@@H]21. The largest absolute Gasteiger partial charge is 0.465 e. The first-order chi connectivity index (χ1) is 14.0. The van der Waals surface area contributed by atoms with Gasteiger partial charge in [-0.2, -0.15) is 0 Å². The summed E-state index contributed by atoms with van der Waals surface area (Å²) in [7, 11) is -4.50. The number of rotatable bonds is 7. The molecule has 0 aliphatic heterocycles. The highest BCUT2D eigenvalue weighted by Crippen LogP contribution is 2.58. The van der Waals surface area contributed by atoms with E-state index in [0.29, 0.717) is 0 Å². The Bertz CT molecular complexity index is 1080. The Labute approximate surface area is 171 Å². The van der Waals surface area contributed by atoms with Crippen molar-refractivity contribution in [2.75, 3.05) is 12.5 Å². The molecule has 1 aromatic carbocycles. The van der Waals surface area contributed by atoms with Crippen molar-refractivity contribution in [3.05, 3.63) is 39.9 Å². The average Bonchev–Trinajstić information content (AvgIpc) is 3.47. The molecule has 0 saturated heterocycles. The predicted molar refractivity (Wildman–Crippen MR) is 99.7 cm³/mol. The second-order valence-corrected chi connectivity index (χ2v) is 9.44. The maximum absolute atomic E-state index is 13.2. The highest BCUT2D eigenvalue weighted by atomic mass is 32.2. The maximum Gasteiger partial charge on any atom is 0.319 e. The molecule has 3 rings (SSSR count). The van der Waals surface area contributed by atoms with Gasteiger partial charge in [-0.15, -0.1) is 0 Å². The number of esters is 1. The third-order valence-electron chi connectivity index (χ3n) is 5.68. The van der Waals surface area contributed by atoms with Crippen LogP contribution in [0.15, 0.2) is 29.2 Å². The summed E-state index contributed by atoms with van der Waals surface area (Å²) >= 11 is 0. The van der Waals surface area contributed by atoms with Gasteiger partial charge < -0.3 is 4.74 Å². The number of fused-ring (bicyclic) bond motifs is 1. The summed E-state index contributed by atoms with van der Waals surface area (Å²) in [6.45, 7) is 2.90. The van der Waals surface area contributed by atoms with Crippen molar-refractivity contribution in [1.29, 1.82) is 0 Å². The number of ketones is 3. The van der Waals surface area contributed by atoms with Crippen molar-refractivity contribution in [3.63, 3.8) is 0 Å². The maximum atomic E-state index is 13.2. The van der Waals surface area contributed by atoms with Crippen molar-refractivity contribution in [1.82, 2.24) is 0 Å². The van der Waals surface area contributed by atoms with E-state index in [0.717, 1.165) is 12.1 Å². The minimum atomic E-state index is -4.50. The van der Waals surface area contributed by atoms with Crippen LogP contribution < -0.4 is 0 Å². The average molecular weight is 437 g/mol. The number of sulfone groups is 1. The van der Waals surface area contributed by atoms with Gasteiger partial charge in [0.2, 0.25) is 9.84 Å². The Kier molecular flexibility index (Phi) is 5.35. The van der Waals surface area contributed by atoms with Gasteiger partial charge >= 0.3 is 11.8 Å². The van der Waals surface area contributed by atoms with Crippen LogP contribution in [-0.4, -0.2) is 49.1 Å². The minimum absolute atomic E-state index is 0.00756. The van der Waals surface area contributed by atoms with Crippen LogP contribution >= 0.6 is 0 Å². The fourth-order valence-electron chi connectivity index (χ4n) is 4.06. The van der Waals surface area contributed by atoms with Crippen molar-refractivity contribution in [2.24, 2.45) is 23.2 Å². The lowest BCUT2D eigenvalue weighted by Gasteiger charge is -2.33. The summed E-state index contributed by atoms with van der Waals surface area (Å²) in [4.78, 5) is 60.6. The van der Waals surface area contributed by atoms with Gasteiger partial charge in [0.25, 0.3) is 0 Å². The summed E-state index contributed by atoms with van der Waals surface area (Å²) in [6, 6.07) is 4.69. The lowest BCUT2D eigenvalue weighted by Crippen LogP contribution is -2.52. The van der Waals surface area contributed by atoms with E-state index in [1.165, 1.54) is 19.1 Å². The van der Waals surface area contributed by atoms with Crippen LogP contribution in [0.1, 0.15) is 30.6 Å². The van der Waals surface area contributed by atoms with E-state index in [2.05, 4.69) is 0 Å². The first kappa shape index (κ1) is 21.8. The lowest BCUT2D eigenvalue weighted by atomic mass is 9.67. The number of benzene rings is 1. The van der Waals surface area contributed by atoms with Gasteiger partial charge in [0, 0.05) is 16.4 Å². The van der Waals surface area contributed by atoms with E-state index in [9.17, 15) is 37.7 Å². The van der Waals surface area contributed by atoms with E-state index < -0.39 is 77.6 Å². The molecule has 0 radical (unpaired) electrons. The van der Waals surface area contributed by atoms with E-state index in [4.69, 9.17) is 4.74 Å². The monoisotopic (exact) mass is 437 g/mol. The Hall–Kier alpha value is -2.95. The number of carbonyl (C=O) groups excluding carboxylic acids is 4. The summed E-state index contributed by atoms with van der Waals surface area (Å²) < 4.78 is 29.7. The van der Waals surface area contributed by atoms with Crippen LogP contribution in [0.25, 0.3) is 0 Å². The van der Waals surface area contributed by atoms with Gasteiger partial charge in [0.15, 0.2) is 17.3 Å². The highest BCUT2D eigenvalue weighted by molar-refractivity contribution is 7.91. The number of hydrogen-bond acceptors (Lipinski definition) is 9. The second kappa shape index (κ2) is 7.38. The summed E-state index contributed by atoms with van der Waals surface area (Å²) in [5.74, 6) is -8.07. The van der Waals surface area contributed by atoms with Crippen LogP contribution in [0.2, 0.25) is 0 Å². The molecular weight excluding hydrogens is 418 g/mol. The van der Waals surface area contributed by atoms with Crippen molar-refractivity contribution in [2.45, 2.75) is 25.2 Å². The van der Waals surface area contributed by atoms with Gasteiger partial charge in [-0.05, 0) is 32.3 Å². The van der Waals surface area contributed by atoms with Crippen LogP contribution in [0, 0.1) is 33.3 Å². The third kappa shape index (κ3) is 3.32. The molecular formula is C19H19NO9S. The molecule has 0 heterocycles. The molecule has 2 aliphatic carbocycles. The first-order valence-electron chi connectivity index (χ1n) is 9.19. The molecule has 4 atom stereocenters. The van der Waals surface area contributed by atoms with Gasteiger partial charge in [-0.25, -0.2) is 8.42 Å². The third-order valence-corrected chi connectivity index (χ3v) is 7.26. The molecule has 160 valence electrons. The normalized spacial score (nSPS) is 27.9. The summed E-state index contributed by atoms with van der Waals surface area (Å²) in [5, 5.41) is 10.7. The zero-order valence-corrected chi connectivity index (χ0v) is 17.0. The molecule has 30 heavy (non-hydrogen) atoms. The number of hydrogen-bond donors (Lipinski definition) is 0. The number of Topliss-reactive ketones (excluding diaryl/α,β-unsaturated/α-hetero) is 3. The van der Waals surface area contributed by atoms with Crippen molar-refractivity contribution < 1.29 is 37.3 Å². The second-order valence-electron chi connectivity index (χ2n) is 7.51. The van der Waals surface area contributed by atoms with Gasteiger partial charge in [0.1, 0.15) is 11.3 Å². The fraction of sp³-hybridized carbons (Fsp3) is 0.474. The van der Waals surface area contributed by atoms with Gasteiger partial charge in [-0.3, -0.25) is 29.3 Å². The Morgan fingerprint density at radius 3 is 2.50 bits per heavy atom. The Balaban J connectivity index is 2.06. The smallest absolute Gasteiger partial charge is 0.319 e. The molecule has 2 unspecified atom stereocenters. The van der Waals surface area contributed by atoms with Crippen molar-refractivity contribution >= 4 is 33.2 Å². The molecule has 0 aromatic heterocycles. The Morgan fingerprint density at radius 2 is 1.90 bits per heavy atom. The van der Waals surface area contributed by atoms with E-state index >= 15 is 0 Å². The van der Waals surface area contributed by atoms with E-state index in [-0.39, 0.29) is 13.0 Å². The van der Waals surface area contributed by atoms with Gasteiger partial charge in [-0.1, -0.05) is 18.2 Å². The molecule has 0 spiro atoms. The number of nitro groups is 1. The summed E-state index contributed by atoms with van der Waals surface area (Å²) in [5.41, 5.74) is -2.18. The fourth-order valence-corrected chi connectivity index (χ4v) is 5.27. The number of ether oxygens (including phenoxy) is 1. The molecule has 10 nitrogen and oxygen atoms in total. The van der Waals surface area contributed by atoms with E-state index in [1.54, 1.807) is 6.92 Å². The highest BCUT2D eigenvalue weighted by Gasteiger charge is 2.69. The standard InChI is InChI=1S/C19H19NO9S/c1-3-29-18(24)19(2)12-8-11(12)16(22)14(17(19)23)15(21)10-6-4-5-7-13(10)30(27,28)9-20(25)26/h4-7,11-12,14H,3,8-9H2,1-2H3/t11-,12+,14?,19?/m1/s1.